The molecule has 1 aliphatic carbocycles. The lowest BCUT2D eigenvalue weighted by molar-refractivity contribution is 0.318. The van der Waals surface area contributed by atoms with Gasteiger partial charge in [0.25, 0.3) is 0 Å². The number of rotatable bonds is 2. The molecular formula is C16H24N4O. The largest absolute Gasteiger partial charge is 0.409 e. The number of anilines is 1. The van der Waals surface area contributed by atoms with Crippen LogP contribution in [0.25, 0.3) is 0 Å². The van der Waals surface area contributed by atoms with Gasteiger partial charge in [-0.05, 0) is 51.5 Å². The Labute approximate surface area is 125 Å². The van der Waals surface area contributed by atoms with E-state index in [9.17, 15) is 0 Å². The van der Waals surface area contributed by atoms with Crippen molar-refractivity contribution in [1.82, 2.24) is 4.98 Å². The van der Waals surface area contributed by atoms with Gasteiger partial charge in [0.2, 0.25) is 0 Å². The van der Waals surface area contributed by atoms with Crippen LogP contribution in [0.15, 0.2) is 11.2 Å². The molecule has 2 fully saturated rings. The maximum absolute atomic E-state index is 9.11. The zero-order chi connectivity index (χ0) is 15.0. The van der Waals surface area contributed by atoms with Crippen molar-refractivity contribution >= 4 is 11.5 Å². The lowest BCUT2D eigenvalue weighted by Gasteiger charge is -2.40. The van der Waals surface area contributed by atoms with Crippen molar-refractivity contribution in [1.29, 1.82) is 0 Å². The van der Waals surface area contributed by atoms with Gasteiger partial charge in [0.1, 0.15) is 0 Å². The van der Waals surface area contributed by atoms with E-state index in [1.165, 1.54) is 32.1 Å². The van der Waals surface area contributed by atoms with Crippen molar-refractivity contribution in [3.05, 3.63) is 23.0 Å². The van der Waals surface area contributed by atoms with Crippen molar-refractivity contribution in [2.45, 2.75) is 52.0 Å². The number of hydrogen-bond acceptors (Lipinski definition) is 4. The van der Waals surface area contributed by atoms with Crippen LogP contribution in [0.4, 0.5) is 5.69 Å². The Morgan fingerprint density at radius 2 is 2.10 bits per heavy atom. The molecule has 2 atom stereocenters. The van der Waals surface area contributed by atoms with Gasteiger partial charge in [-0.15, -0.1) is 0 Å². The highest BCUT2D eigenvalue weighted by Crippen LogP contribution is 2.40. The van der Waals surface area contributed by atoms with Gasteiger partial charge < -0.3 is 15.8 Å². The predicted octanol–water partition coefficient (Wildman–Crippen LogP) is 2.56. The summed E-state index contributed by atoms with van der Waals surface area (Å²) in [6, 6.07) is 2.69. The number of aryl methyl sites for hydroxylation is 2. The summed E-state index contributed by atoms with van der Waals surface area (Å²) in [6.07, 6.45) is 6.46. The van der Waals surface area contributed by atoms with E-state index in [0.29, 0.717) is 6.04 Å². The number of amidine groups is 1. The molecule has 0 aromatic carbocycles. The first-order valence-electron chi connectivity index (χ1n) is 7.84. The molecule has 1 aromatic rings. The minimum Gasteiger partial charge on any atom is -0.409 e. The summed E-state index contributed by atoms with van der Waals surface area (Å²) in [7, 11) is 0. The van der Waals surface area contributed by atoms with E-state index in [0.717, 1.165) is 35.1 Å². The maximum atomic E-state index is 9.11. The van der Waals surface area contributed by atoms with Gasteiger partial charge >= 0.3 is 0 Å². The first-order valence-corrected chi connectivity index (χ1v) is 7.84. The second-order valence-electron chi connectivity index (χ2n) is 6.32. The van der Waals surface area contributed by atoms with E-state index in [4.69, 9.17) is 10.9 Å². The number of pyridine rings is 1. The molecule has 114 valence electrons. The molecule has 2 unspecified atom stereocenters. The summed E-state index contributed by atoms with van der Waals surface area (Å²) in [5, 5.41) is 12.3. The van der Waals surface area contributed by atoms with E-state index >= 15 is 0 Å². The van der Waals surface area contributed by atoms with Crippen LogP contribution in [0.5, 0.6) is 0 Å². The SMILES string of the molecule is Cc1cc(N2CCCC3CCCC32)c(/C(N)=N/O)c(C)n1. The van der Waals surface area contributed by atoms with Crippen molar-refractivity contribution in [2.75, 3.05) is 11.4 Å². The van der Waals surface area contributed by atoms with Crippen LogP contribution in [-0.4, -0.2) is 28.6 Å². The molecule has 0 spiro atoms. The van der Waals surface area contributed by atoms with Crippen molar-refractivity contribution in [2.24, 2.45) is 16.8 Å². The van der Waals surface area contributed by atoms with E-state index in [2.05, 4.69) is 21.1 Å². The lowest BCUT2D eigenvalue weighted by atomic mass is 9.90. The van der Waals surface area contributed by atoms with Crippen LogP contribution in [0.3, 0.4) is 0 Å². The average Bonchev–Trinajstić information content (AvgIpc) is 2.94. The summed E-state index contributed by atoms with van der Waals surface area (Å²) in [5.41, 5.74) is 9.62. The Balaban J connectivity index is 2.08. The molecule has 1 saturated carbocycles. The fraction of sp³-hybridized carbons (Fsp3) is 0.625. The molecule has 3 N–H and O–H groups in total. The number of nitrogens with two attached hydrogens (primary N) is 1. The first kappa shape index (κ1) is 14.2. The third-order valence-electron chi connectivity index (χ3n) is 4.97. The molecule has 1 saturated heterocycles. The summed E-state index contributed by atoms with van der Waals surface area (Å²) in [6.45, 7) is 4.98. The molecule has 0 bridgehead atoms. The van der Waals surface area contributed by atoms with Gasteiger partial charge in [-0.25, -0.2) is 0 Å². The number of hydrogen-bond donors (Lipinski definition) is 2. The maximum Gasteiger partial charge on any atom is 0.174 e. The Morgan fingerprint density at radius 1 is 1.33 bits per heavy atom. The van der Waals surface area contributed by atoms with Crippen LogP contribution >= 0.6 is 0 Å². The molecule has 0 radical (unpaired) electrons. The highest BCUT2D eigenvalue weighted by atomic mass is 16.4. The number of piperidine rings is 1. The van der Waals surface area contributed by atoms with E-state index in [1.807, 2.05) is 13.8 Å². The van der Waals surface area contributed by atoms with Gasteiger partial charge in [-0.2, -0.15) is 0 Å². The third kappa shape index (κ3) is 2.45. The van der Waals surface area contributed by atoms with Crippen LogP contribution in [-0.2, 0) is 0 Å². The molecule has 0 amide bonds. The number of oxime groups is 1. The summed E-state index contributed by atoms with van der Waals surface area (Å²) >= 11 is 0. The van der Waals surface area contributed by atoms with Gasteiger partial charge in [0.05, 0.1) is 16.9 Å². The van der Waals surface area contributed by atoms with Gasteiger partial charge in [-0.1, -0.05) is 11.6 Å². The predicted molar refractivity (Wildman–Crippen MR) is 83.9 cm³/mol. The fourth-order valence-electron chi connectivity index (χ4n) is 4.15. The number of fused-ring (bicyclic) bond motifs is 1. The fourth-order valence-corrected chi connectivity index (χ4v) is 4.15. The molecule has 5 nitrogen and oxygen atoms in total. The summed E-state index contributed by atoms with van der Waals surface area (Å²) < 4.78 is 0. The highest BCUT2D eigenvalue weighted by Gasteiger charge is 2.36. The topological polar surface area (TPSA) is 74.7 Å². The first-order chi connectivity index (χ1) is 10.1. The normalized spacial score (nSPS) is 26.0. The summed E-state index contributed by atoms with van der Waals surface area (Å²) in [4.78, 5) is 6.97. The Hall–Kier alpha value is -1.78. The van der Waals surface area contributed by atoms with Gasteiger partial charge in [-0.3, -0.25) is 4.98 Å². The minimum atomic E-state index is 0.162. The lowest BCUT2D eigenvalue weighted by Crippen LogP contribution is -2.43. The van der Waals surface area contributed by atoms with Crippen LogP contribution in [0.1, 0.15) is 49.1 Å². The smallest absolute Gasteiger partial charge is 0.174 e. The van der Waals surface area contributed by atoms with Crippen LogP contribution in [0, 0.1) is 19.8 Å². The van der Waals surface area contributed by atoms with Gasteiger partial charge in [0.15, 0.2) is 5.84 Å². The van der Waals surface area contributed by atoms with Crippen molar-refractivity contribution in [3.63, 3.8) is 0 Å². The zero-order valence-corrected chi connectivity index (χ0v) is 12.8. The van der Waals surface area contributed by atoms with Gasteiger partial charge in [0, 0.05) is 18.3 Å². The zero-order valence-electron chi connectivity index (χ0n) is 12.8. The molecule has 2 aliphatic rings. The monoisotopic (exact) mass is 288 g/mol. The van der Waals surface area contributed by atoms with Crippen molar-refractivity contribution in [3.8, 4) is 0 Å². The van der Waals surface area contributed by atoms with Crippen molar-refractivity contribution < 1.29 is 5.21 Å². The Morgan fingerprint density at radius 3 is 2.86 bits per heavy atom. The second-order valence-corrected chi connectivity index (χ2v) is 6.32. The number of aromatic nitrogens is 1. The molecule has 1 aromatic heterocycles. The molecule has 21 heavy (non-hydrogen) atoms. The second kappa shape index (κ2) is 5.54. The third-order valence-corrected chi connectivity index (χ3v) is 4.97. The Kier molecular flexibility index (Phi) is 3.74. The quantitative estimate of drug-likeness (QED) is 0.379. The molecular weight excluding hydrogens is 264 g/mol. The van der Waals surface area contributed by atoms with Crippen LogP contribution in [0.2, 0.25) is 0 Å². The summed E-state index contributed by atoms with van der Waals surface area (Å²) in [5.74, 6) is 0.961. The molecule has 2 heterocycles. The van der Waals surface area contributed by atoms with E-state index in [-0.39, 0.29) is 5.84 Å². The molecule has 1 aliphatic heterocycles. The van der Waals surface area contributed by atoms with E-state index in [1.54, 1.807) is 0 Å². The van der Waals surface area contributed by atoms with Crippen LogP contribution < -0.4 is 10.6 Å². The molecule has 3 rings (SSSR count). The standard InChI is InChI=1S/C16H24N4O/c1-10-9-14(15(11(2)18-10)16(17)19-21)20-8-4-6-12-5-3-7-13(12)20/h9,12-13,21H,3-8H2,1-2H3,(H2,17,19). The molecule has 5 heteroatoms. The minimum absolute atomic E-state index is 0.162. The highest BCUT2D eigenvalue weighted by molar-refractivity contribution is 6.03. The average molecular weight is 288 g/mol. The number of nitrogens with zero attached hydrogens (tertiary/aromatic N) is 3. The Bertz CT molecular complexity index is 570. The van der Waals surface area contributed by atoms with E-state index < -0.39 is 0 Å².